The Hall–Kier alpha value is -1.23. The lowest BCUT2D eigenvalue weighted by atomic mass is 10.2. The summed E-state index contributed by atoms with van der Waals surface area (Å²) >= 11 is 0. The van der Waals surface area contributed by atoms with Crippen LogP contribution in [0.3, 0.4) is 0 Å². The Bertz CT molecular complexity index is 392. The molecular formula is C12H14F3NO. The Balaban J connectivity index is 1.99. The zero-order valence-electron chi connectivity index (χ0n) is 9.42. The third kappa shape index (κ3) is 3.63. The predicted octanol–water partition coefficient (Wildman–Crippen LogP) is 3.08. The van der Waals surface area contributed by atoms with Crippen LogP contribution in [0.5, 0.6) is 5.75 Å². The van der Waals surface area contributed by atoms with Gasteiger partial charge in [-0.1, -0.05) is 25.1 Å². The molecule has 94 valence electrons. The molecule has 0 bridgehead atoms. The summed E-state index contributed by atoms with van der Waals surface area (Å²) < 4.78 is 40.4. The Morgan fingerprint density at radius 3 is 2.59 bits per heavy atom. The fourth-order valence-electron chi connectivity index (χ4n) is 1.72. The summed E-state index contributed by atoms with van der Waals surface area (Å²) in [5.41, 5.74) is 0.531. The second kappa shape index (κ2) is 4.56. The van der Waals surface area contributed by atoms with Crippen molar-refractivity contribution in [1.29, 1.82) is 0 Å². The number of hydrogen-bond donors (Lipinski definition) is 1. The first kappa shape index (κ1) is 12.2. The molecule has 1 N–H and O–H groups in total. The molecule has 2 atom stereocenters. The number of alkyl halides is 3. The number of nitrogens with one attached hydrogen (secondary N) is 1. The molecule has 5 heteroatoms. The molecule has 0 spiro atoms. The van der Waals surface area contributed by atoms with E-state index in [4.69, 9.17) is 0 Å². The zero-order valence-corrected chi connectivity index (χ0v) is 9.42. The van der Waals surface area contributed by atoms with E-state index in [1.165, 1.54) is 12.1 Å². The minimum Gasteiger partial charge on any atom is -0.405 e. The third-order valence-corrected chi connectivity index (χ3v) is 2.86. The van der Waals surface area contributed by atoms with E-state index in [-0.39, 0.29) is 5.75 Å². The van der Waals surface area contributed by atoms with Gasteiger partial charge in [0, 0.05) is 18.2 Å². The number of halogens is 3. The van der Waals surface area contributed by atoms with Crippen molar-refractivity contribution in [3.63, 3.8) is 0 Å². The summed E-state index contributed by atoms with van der Waals surface area (Å²) in [7, 11) is 0. The van der Waals surface area contributed by atoms with Gasteiger partial charge < -0.3 is 10.1 Å². The SMILES string of the molecule is CC1CC1NCc1ccccc1OC(F)(F)F. The van der Waals surface area contributed by atoms with Crippen LogP contribution in [0.25, 0.3) is 0 Å². The number of hydrogen-bond acceptors (Lipinski definition) is 2. The number of benzene rings is 1. The van der Waals surface area contributed by atoms with E-state index in [1.54, 1.807) is 12.1 Å². The highest BCUT2D eigenvalue weighted by Crippen LogP contribution is 2.31. The molecule has 17 heavy (non-hydrogen) atoms. The third-order valence-electron chi connectivity index (χ3n) is 2.86. The topological polar surface area (TPSA) is 21.3 Å². The molecule has 1 saturated carbocycles. The average Bonchev–Trinajstić information content (AvgIpc) is 2.91. The second-order valence-corrected chi connectivity index (χ2v) is 4.36. The summed E-state index contributed by atoms with van der Waals surface area (Å²) in [6.45, 7) is 2.51. The van der Waals surface area contributed by atoms with Gasteiger partial charge in [-0.2, -0.15) is 0 Å². The van der Waals surface area contributed by atoms with Crippen LogP contribution < -0.4 is 10.1 Å². The van der Waals surface area contributed by atoms with Crippen molar-refractivity contribution in [3.05, 3.63) is 29.8 Å². The highest BCUT2D eigenvalue weighted by Gasteiger charge is 2.33. The van der Waals surface area contributed by atoms with Crippen LogP contribution in [0, 0.1) is 5.92 Å². The molecule has 1 fully saturated rings. The summed E-state index contributed by atoms with van der Waals surface area (Å²) in [4.78, 5) is 0. The van der Waals surface area contributed by atoms with Crippen molar-refractivity contribution in [2.24, 2.45) is 5.92 Å². The van der Waals surface area contributed by atoms with Crippen LogP contribution in [0.1, 0.15) is 18.9 Å². The molecule has 2 unspecified atom stereocenters. The summed E-state index contributed by atoms with van der Waals surface area (Å²) in [6, 6.07) is 6.64. The Kier molecular flexibility index (Phi) is 3.28. The van der Waals surface area contributed by atoms with Crippen molar-refractivity contribution < 1.29 is 17.9 Å². The fourth-order valence-corrected chi connectivity index (χ4v) is 1.72. The van der Waals surface area contributed by atoms with Crippen LogP contribution in [0.15, 0.2) is 24.3 Å². The van der Waals surface area contributed by atoms with Gasteiger partial charge in [-0.15, -0.1) is 13.2 Å². The number of para-hydroxylation sites is 1. The van der Waals surface area contributed by atoms with Gasteiger partial charge in [0.2, 0.25) is 0 Å². The molecule has 0 amide bonds. The van der Waals surface area contributed by atoms with Gasteiger partial charge in [-0.25, -0.2) is 0 Å². The Morgan fingerprint density at radius 1 is 1.35 bits per heavy atom. The van der Waals surface area contributed by atoms with E-state index in [9.17, 15) is 13.2 Å². The molecular weight excluding hydrogens is 231 g/mol. The van der Waals surface area contributed by atoms with E-state index in [0.29, 0.717) is 24.1 Å². The Morgan fingerprint density at radius 2 is 2.00 bits per heavy atom. The van der Waals surface area contributed by atoms with Gasteiger partial charge >= 0.3 is 6.36 Å². The van der Waals surface area contributed by atoms with Crippen molar-refractivity contribution in [3.8, 4) is 5.75 Å². The first-order valence-electron chi connectivity index (χ1n) is 5.53. The molecule has 0 aromatic heterocycles. The quantitative estimate of drug-likeness (QED) is 0.880. The van der Waals surface area contributed by atoms with Gasteiger partial charge in [-0.3, -0.25) is 0 Å². The maximum absolute atomic E-state index is 12.2. The first-order valence-corrected chi connectivity index (χ1v) is 5.53. The van der Waals surface area contributed by atoms with Crippen molar-refractivity contribution >= 4 is 0 Å². The molecule has 1 aliphatic rings. The van der Waals surface area contributed by atoms with E-state index in [1.807, 2.05) is 0 Å². The molecule has 0 heterocycles. The molecule has 1 aromatic carbocycles. The molecule has 0 saturated heterocycles. The maximum atomic E-state index is 12.2. The minimum absolute atomic E-state index is 0.124. The predicted molar refractivity (Wildman–Crippen MR) is 57.5 cm³/mol. The van der Waals surface area contributed by atoms with Gasteiger partial charge in [-0.05, 0) is 18.4 Å². The van der Waals surface area contributed by atoms with Crippen molar-refractivity contribution in [2.75, 3.05) is 0 Å². The van der Waals surface area contributed by atoms with Gasteiger partial charge in [0.05, 0.1) is 0 Å². The largest absolute Gasteiger partial charge is 0.573 e. The zero-order chi connectivity index (χ0) is 12.5. The van der Waals surface area contributed by atoms with Gasteiger partial charge in [0.25, 0.3) is 0 Å². The smallest absolute Gasteiger partial charge is 0.405 e. The van der Waals surface area contributed by atoms with Crippen LogP contribution in [-0.2, 0) is 6.54 Å². The van der Waals surface area contributed by atoms with E-state index >= 15 is 0 Å². The van der Waals surface area contributed by atoms with Crippen molar-refractivity contribution in [1.82, 2.24) is 5.32 Å². The van der Waals surface area contributed by atoms with E-state index in [2.05, 4.69) is 17.0 Å². The average molecular weight is 245 g/mol. The Labute approximate surface area is 97.8 Å². The second-order valence-electron chi connectivity index (χ2n) is 4.36. The van der Waals surface area contributed by atoms with Gasteiger partial charge in [0.15, 0.2) is 0 Å². The fraction of sp³-hybridized carbons (Fsp3) is 0.500. The van der Waals surface area contributed by atoms with Crippen LogP contribution >= 0.6 is 0 Å². The lowest BCUT2D eigenvalue weighted by molar-refractivity contribution is -0.274. The molecule has 1 aromatic rings. The maximum Gasteiger partial charge on any atom is 0.573 e. The first-order chi connectivity index (χ1) is 7.96. The van der Waals surface area contributed by atoms with Crippen molar-refractivity contribution in [2.45, 2.75) is 32.3 Å². The van der Waals surface area contributed by atoms with E-state index in [0.717, 1.165) is 6.42 Å². The number of rotatable bonds is 4. The molecule has 0 aliphatic heterocycles. The summed E-state index contributed by atoms with van der Waals surface area (Å²) in [5.74, 6) is 0.492. The van der Waals surface area contributed by atoms with Crippen LogP contribution in [0.2, 0.25) is 0 Å². The molecule has 2 rings (SSSR count). The number of ether oxygens (including phenoxy) is 1. The lowest BCUT2D eigenvalue weighted by Gasteiger charge is -2.13. The normalized spacial score (nSPS) is 23.5. The lowest BCUT2D eigenvalue weighted by Crippen LogP contribution is -2.21. The monoisotopic (exact) mass is 245 g/mol. The minimum atomic E-state index is -4.64. The molecule has 1 aliphatic carbocycles. The summed E-state index contributed by atoms with van der Waals surface area (Å²) in [5, 5.41) is 3.20. The van der Waals surface area contributed by atoms with Crippen LogP contribution in [0.4, 0.5) is 13.2 Å². The molecule has 2 nitrogen and oxygen atoms in total. The highest BCUT2D eigenvalue weighted by molar-refractivity contribution is 5.33. The van der Waals surface area contributed by atoms with Crippen LogP contribution in [-0.4, -0.2) is 12.4 Å². The van der Waals surface area contributed by atoms with E-state index < -0.39 is 6.36 Å². The summed E-state index contributed by atoms with van der Waals surface area (Å²) in [6.07, 6.45) is -3.55. The van der Waals surface area contributed by atoms with Gasteiger partial charge in [0.1, 0.15) is 5.75 Å². The molecule has 0 radical (unpaired) electrons. The standard InChI is InChI=1S/C12H14F3NO/c1-8-6-10(8)16-7-9-4-2-3-5-11(9)17-12(13,14)15/h2-5,8,10,16H,6-7H2,1H3. The highest BCUT2D eigenvalue weighted by atomic mass is 19.4.